The zero-order valence-electron chi connectivity index (χ0n) is 7.80. The van der Waals surface area contributed by atoms with Crippen LogP contribution in [0.25, 0.3) is 0 Å². The zero-order valence-corrected chi connectivity index (χ0v) is 9.80. The van der Waals surface area contributed by atoms with Crippen LogP contribution in [0.2, 0.25) is 0 Å². The van der Waals surface area contributed by atoms with Crippen molar-refractivity contribution in [1.82, 2.24) is 4.98 Å². The van der Waals surface area contributed by atoms with Crippen molar-refractivity contribution in [3.05, 3.63) is 29.1 Å². The van der Waals surface area contributed by atoms with Crippen molar-refractivity contribution in [2.75, 3.05) is 0 Å². The number of fused-ring (bicyclic) bond motifs is 1. The summed E-state index contributed by atoms with van der Waals surface area (Å²) >= 11 is 1.26. The summed E-state index contributed by atoms with van der Waals surface area (Å²) in [5, 5.41) is 0. The van der Waals surface area contributed by atoms with Gasteiger partial charge in [-0.2, -0.15) is 0 Å². The molecule has 0 aliphatic heterocycles. The van der Waals surface area contributed by atoms with Gasteiger partial charge in [-0.1, -0.05) is 0 Å². The Kier molecular flexibility index (Phi) is 2.54. The summed E-state index contributed by atoms with van der Waals surface area (Å²) in [6, 6.07) is 2.31. The van der Waals surface area contributed by atoms with Crippen molar-refractivity contribution < 1.29 is 0 Å². The van der Waals surface area contributed by atoms with E-state index in [1.54, 1.807) is 0 Å². The Morgan fingerprint density at radius 2 is 2.42 bits per heavy atom. The van der Waals surface area contributed by atoms with E-state index in [1.165, 1.54) is 64.0 Å². The first kappa shape index (κ1) is 8.74. The Bertz CT molecular complexity index is 296. The van der Waals surface area contributed by atoms with Crippen LogP contribution in [-0.2, 0) is 6.42 Å². The van der Waals surface area contributed by atoms with Crippen molar-refractivity contribution in [3.8, 4) is 0 Å². The second kappa shape index (κ2) is 3.49. The Morgan fingerprint density at radius 1 is 1.58 bits per heavy atom. The Labute approximate surface area is 91.0 Å². The maximum absolute atomic E-state index is 4.53. The van der Waals surface area contributed by atoms with Crippen LogP contribution in [0.3, 0.4) is 0 Å². The molecule has 1 aromatic rings. The summed E-state index contributed by atoms with van der Waals surface area (Å²) in [4.78, 5) is 4.53. The number of pyridine rings is 1. The van der Waals surface area contributed by atoms with Crippen LogP contribution >= 0.6 is 0 Å². The number of nitrogens with zero attached hydrogens (tertiary/aromatic N) is 1. The predicted octanol–water partition coefficient (Wildman–Crippen LogP) is 1.94. The number of hydrogen-bond acceptors (Lipinski definition) is 1. The first-order valence-electron chi connectivity index (χ1n) is 4.73. The molecule has 2 heteroatoms. The molecule has 1 atom stereocenters. The molecule has 12 heavy (non-hydrogen) atoms. The Balaban J connectivity index is 2.46. The molecule has 0 N–H and O–H groups in total. The van der Waals surface area contributed by atoms with Gasteiger partial charge in [0.2, 0.25) is 0 Å². The fraction of sp³-hybridized carbons (Fsp3) is 0.500. The molecular weight excluding hydrogens is 157 g/mol. The summed E-state index contributed by atoms with van der Waals surface area (Å²) in [5.74, 6) is 0. The van der Waals surface area contributed by atoms with E-state index in [0.29, 0.717) is 0 Å². The molecule has 0 radical (unpaired) electrons. The molecule has 1 aliphatic carbocycles. The third-order valence-electron chi connectivity index (χ3n) is 2.69. The van der Waals surface area contributed by atoms with E-state index < -0.39 is 0 Å². The van der Waals surface area contributed by atoms with E-state index in [1.807, 2.05) is 6.20 Å². The minimum absolute atomic E-state index is 0.814. The molecule has 0 saturated carbocycles. The minimum atomic E-state index is 0.814. The Morgan fingerprint density at radius 3 is 3.25 bits per heavy atom. The van der Waals surface area contributed by atoms with Crippen LogP contribution < -0.4 is 0 Å². The standard InChI is InChI=1S/C10H12N.Na/c1-8-6-9-4-2-3-5-10(9)11-7-8;/h5-7H,2-4H2,1H3;. The summed E-state index contributed by atoms with van der Waals surface area (Å²) < 4.78 is 0.814. The van der Waals surface area contributed by atoms with Gasteiger partial charge in [-0.3, -0.25) is 0 Å². The molecule has 1 aliphatic rings. The van der Waals surface area contributed by atoms with Crippen LogP contribution in [0.15, 0.2) is 12.3 Å². The average molecular weight is 169 g/mol. The van der Waals surface area contributed by atoms with E-state index >= 15 is 0 Å². The predicted molar refractivity (Wildman–Crippen MR) is 50.4 cm³/mol. The van der Waals surface area contributed by atoms with Crippen molar-refractivity contribution in [2.45, 2.75) is 29.4 Å². The molecule has 1 heterocycles. The summed E-state index contributed by atoms with van der Waals surface area (Å²) in [6.07, 6.45) is 6.00. The number of aryl methyl sites for hydroxylation is 2. The quantitative estimate of drug-likeness (QED) is 0.541. The van der Waals surface area contributed by atoms with Crippen LogP contribution in [0.1, 0.15) is 32.8 Å². The summed E-state index contributed by atoms with van der Waals surface area (Å²) in [7, 11) is 0. The molecule has 2 rings (SSSR count). The molecule has 1 nitrogen and oxygen atoms in total. The van der Waals surface area contributed by atoms with E-state index in [-0.39, 0.29) is 0 Å². The van der Waals surface area contributed by atoms with Gasteiger partial charge in [0.15, 0.2) is 0 Å². The SMILES string of the molecule is Cc1cnc2c(c1)CCC[CH]2[Na]. The fourth-order valence-corrected chi connectivity index (χ4v) is 2.95. The molecule has 0 spiro atoms. The van der Waals surface area contributed by atoms with Gasteiger partial charge in [0.05, 0.1) is 0 Å². The first-order chi connectivity index (χ1) is 5.77. The second-order valence-corrected chi connectivity index (χ2v) is 5.24. The molecule has 0 saturated heterocycles. The molecule has 0 aromatic carbocycles. The molecule has 1 aromatic heterocycles. The van der Waals surface area contributed by atoms with Crippen molar-refractivity contribution in [2.24, 2.45) is 0 Å². The van der Waals surface area contributed by atoms with Gasteiger partial charge < -0.3 is 0 Å². The van der Waals surface area contributed by atoms with Crippen molar-refractivity contribution >= 4 is 27.9 Å². The van der Waals surface area contributed by atoms with Crippen LogP contribution in [0, 0.1) is 6.92 Å². The summed E-state index contributed by atoms with van der Waals surface area (Å²) in [6.45, 7) is 2.13. The summed E-state index contributed by atoms with van der Waals surface area (Å²) in [5.41, 5.74) is 4.23. The van der Waals surface area contributed by atoms with Gasteiger partial charge in [-0.15, -0.1) is 0 Å². The fourth-order valence-electron chi connectivity index (χ4n) is 2.02. The van der Waals surface area contributed by atoms with Crippen LogP contribution in [0.4, 0.5) is 0 Å². The zero-order chi connectivity index (χ0) is 8.55. The van der Waals surface area contributed by atoms with Gasteiger partial charge in [-0.05, 0) is 0 Å². The van der Waals surface area contributed by atoms with Gasteiger partial charge >= 0.3 is 91.4 Å². The third kappa shape index (κ3) is 1.59. The van der Waals surface area contributed by atoms with Gasteiger partial charge in [0.1, 0.15) is 0 Å². The number of rotatable bonds is 0. The normalized spacial score (nSPS) is 22.1. The monoisotopic (exact) mass is 169 g/mol. The molecule has 1 unspecified atom stereocenters. The molecule has 0 bridgehead atoms. The number of hydrogen-bond donors (Lipinski definition) is 0. The van der Waals surface area contributed by atoms with Gasteiger partial charge in [-0.25, -0.2) is 0 Å². The van der Waals surface area contributed by atoms with Gasteiger partial charge in [0.25, 0.3) is 0 Å². The van der Waals surface area contributed by atoms with Crippen LogP contribution in [-0.4, -0.2) is 32.9 Å². The van der Waals surface area contributed by atoms with Crippen molar-refractivity contribution in [1.29, 1.82) is 0 Å². The third-order valence-corrected chi connectivity index (χ3v) is 3.81. The topological polar surface area (TPSA) is 12.9 Å². The van der Waals surface area contributed by atoms with Crippen LogP contribution in [0.5, 0.6) is 0 Å². The molecular formula is C10H12NNa. The molecule has 0 amide bonds. The Hall–Kier alpha value is 0.150. The van der Waals surface area contributed by atoms with E-state index in [0.717, 1.165) is 3.17 Å². The second-order valence-electron chi connectivity index (χ2n) is 3.85. The average Bonchev–Trinajstić information content (AvgIpc) is 2.04. The van der Waals surface area contributed by atoms with Gasteiger partial charge in [0, 0.05) is 0 Å². The van der Waals surface area contributed by atoms with E-state index in [2.05, 4.69) is 18.0 Å². The number of aromatic nitrogens is 1. The van der Waals surface area contributed by atoms with E-state index in [9.17, 15) is 0 Å². The maximum atomic E-state index is 4.53. The van der Waals surface area contributed by atoms with Crippen molar-refractivity contribution in [3.63, 3.8) is 0 Å². The molecule has 0 fully saturated rings. The van der Waals surface area contributed by atoms with E-state index in [4.69, 9.17) is 0 Å². The first-order valence-corrected chi connectivity index (χ1v) is 5.88. The molecule has 58 valence electrons.